The van der Waals surface area contributed by atoms with Crippen LogP contribution in [0.25, 0.3) is 5.70 Å². The van der Waals surface area contributed by atoms with Crippen LogP contribution in [0.4, 0.5) is 13.2 Å². The highest BCUT2D eigenvalue weighted by molar-refractivity contribution is 5.65. The molecular formula is C16H11F3N2O. The van der Waals surface area contributed by atoms with E-state index >= 15 is 0 Å². The number of rotatable bonds is 3. The summed E-state index contributed by atoms with van der Waals surface area (Å²) in [7, 11) is 0. The monoisotopic (exact) mass is 304 g/mol. The minimum atomic E-state index is -4.42. The predicted octanol–water partition coefficient (Wildman–Crippen LogP) is 4.32. The van der Waals surface area contributed by atoms with Crippen molar-refractivity contribution in [2.45, 2.75) is 6.18 Å². The quantitative estimate of drug-likeness (QED) is 0.859. The van der Waals surface area contributed by atoms with E-state index in [-0.39, 0.29) is 5.75 Å². The van der Waals surface area contributed by atoms with Crippen LogP contribution in [0.3, 0.4) is 0 Å². The normalized spacial score (nSPS) is 11.8. The number of nitrogens with two attached hydrogens (primary N) is 1. The summed E-state index contributed by atoms with van der Waals surface area (Å²) in [4.78, 5) is 0. The Labute approximate surface area is 125 Å². The minimum absolute atomic E-state index is 0.0862. The molecule has 0 aliphatic heterocycles. The van der Waals surface area contributed by atoms with Gasteiger partial charge in [0.2, 0.25) is 0 Å². The first-order valence-electron chi connectivity index (χ1n) is 6.21. The van der Waals surface area contributed by atoms with E-state index in [0.717, 1.165) is 12.1 Å². The van der Waals surface area contributed by atoms with Crippen LogP contribution in [-0.4, -0.2) is 0 Å². The van der Waals surface area contributed by atoms with Gasteiger partial charge in [-0.1, -0.05) is 6.07 Å². The standard InChI is InChI=1S/C16H11F3N2O/c17-16(18,19)12-2-1-3-14(10-12)22-13-6-4-11(5-7-13)15(21)8-9-20/h1-8,10H,21H2. The summed E-state index contributed by atoms with van der Waals surface area (Å²) in [6.45, 7) is 0. The number of allylic oxidation sites excluding steroid dienone is 1. The highest BCUT2D eigenvalue weighted by atomic mass is 19.4. The zero-order valence-electron chi connectivity index (χ0n) is 11.3. The van der Waals surface area contributed by atoms with Gasteiger partial charge < -0.3 is 10.5 Å². The molecule has 0 radical (unpaired) electrons. The average molecular weight is 304 g/mol. The molecule has 0 spiro atoms. The molecule has 0 saturated carbocycles. The van der Waals surface area contributed by atoms with E-state index in [2.05, 4.69) is 0 Å². The number of benzene rings is 2. The Balaban J connectivity index is 2.18. The van der Waals surface area contributed by atoms with E-state index in [0.29, 0.717) is 17.0 Å². The van der Waals surface area contributed by atoms with Gasteiger partial charge in [0, 0.05) is 11.8 Å². The van der Waals surface area contributed by atoms with Gasteiger partial charge in [0.25, 0.3) is 0 Å². The van der Waals surface area contributed by atoms with Gasteiger partial charge in [0.1, 0.15) is 11.5 Å². The molecule has 0 amide bonds. The van der Waals surface area contributed by atoms with Crippen LogP contribution in [-0.2, 0) is 6.18 Å². The number of halogens is 3. The molecular weight excluding hydrogens is 293 g/mol. The molecule has 0 aromatic heterocycles. The second kappa shape index (κ2) is 6.22. The van der Waals surface area contributed by atoms with Crippen LogP contribution < -0.4 is 10.5 Å². The Morgan fingerprint density at radius 2 is 1.77 bits per heavy atom. The zero-order chi connectivity index (χ0) is 16.2. The number of hydrogen-bond acceptors (Lipinski definition) is 3. The molecule has 0 atom stereocenters. The van der Waals surface area contributed by atoms with E-state index in [1.54, 1.807) is 24.3 Å². The van der Waals surface area contributed by atoms with Gasteiger partial charge >= 0.3 is 6.18 Å². The molecule has 6 heteroatoms. The Morgan fingerprint density at radius 3 is 2.36 bits per heavy atom. The fourth-order valence-electron chi connectivity index (χ4n) is 1.74. The topological polar surface area (TPSA) is 59.0 Å². The smallest absolute Gasteiger partial charge is 0.416 e. The molecule has 0 unspecified atom stereocenters. The highest BCUT2D eigenvalue weighted by Crippen LogP contribution is 2.32. The first-order valence-corrected chi connectivity index (χ1v) is 6.21. The highest BCUT2D eigenvalue weighted by Gasteiger charge is 2.30. The van der Waals surface area contributed by atoms with Gasteiger partial charge in [-0.3, -0.25) is 0 Å². The molecule has 2 rings (SSSR count). The third-order valence-corrected chi connectivity index (χ3v) is 2.80. The SMILES string of the molecule is N#CC=C(N)c1ccc(Oc2cccc(C(F)(F)F)c2)cc1. The van der Waals surface area contributed by atoms with E-state index in [1.165, 1.54) is 18.2 Å². The fourth-order valence-corrected chi connectivity index (χ4v) is 1.74. The van der Waals surface area contributed by atoms with Crippen LogP contribution in [0, 0.1) is 11.3 Å². The van der Waals surface area contributed by atoms with E-state index in [9.17, 15) is 13.2 Å². The predicted molar refractivity (Wildman–Crippen MR) is 75.7 cm³/mol. The molecule has 0 bridgehead atoms. The van der Waals surface area contributed by atoms with Crippen LogP contribution in [0.2, 0.25) is 0 Å². The average Bonchev–Trinajstić information content (AvgIpc) is 2.48. The molecule has 3 nitrogen and oxygen atoms in total. The van der Waals surface area contributed by atoms with Crippen molar-refractivity contribution in [1.82, 2.24) is 0 Å². The van der Waals surface area contributed by atoms with Gasteiger partial charge in [-0.05, 0) is 48.0 Å². The molecule has 0 aliphatic carbocycles. The van der Waals surface area contributed by atoms with Crippen molar-refractivity contribution in [2.24, 2.45) is 5.73 Å². The minimum Gasteiger partial charge on any atom is -0.457 e. The maximum atomic E-state index is 12.6. The van der Waals surface area contributed by atoms with E-state index in [4.69, 9.17) is 15.7 Å². The summed E-state index contributed by atoms with van der Waals surface area (Å²) in [5, 5.41) is 8.52. The number of alkyl halides is 3. The number of nitriles is 1. The van der Waals surface area contributed by atoms with Crippen LogP contribution in [0.15, 0.2) is 54.6 Å². The maximum Gasteiger partial charge on any atom is 0.416 e. The lowest BCUT2D eigenvalue weighted by molar-refractivity contribution is -0.137. The van der Waals surface area contributed by atoms with Gasteiger partial charge in [-0.2, -0.15) is 18.4 Å². The molecule has 2 aromatic carbocycles. The molecule has 2 N–H and O–H groups in total. The lowest BCUT2D eigenvalue weighted by atomic mass is 10.1. The Morgan fingerprint density at radius 1 is 1.09 bits per heavy atom. The summed E-state index contributed by atoms with van der Waals surface area (Å²) < 4.78 is 43.2. The summed E-state index contributed by atoms with van der Waals surface area (Å²) in [6.07, 6.45) is -3.22. The zero-order valence-corrected chi connectivity index (χ0v) is 11.3. The Hall–Kier alpha value is -2.94. The van der Waals surface area contributed by atoms with Crippen LogP contribution in [0.5, 0.6) is 11.5 Å². The molecule has 0 fully saturated rings. The number of nitrogens with zero attached hydrogens (tertiary/aromatic N) is 1. The van der Waals surface area contributed by atoms with Crippen molar-refractivity contribution in [1.29, 1.82) is 5.26 Å². The van der Waals surface area contributed by atoms with Crippen molar-refractivity contribution >= 4 is 5.70 Å². The second-order valence-electron chi connectivity index (χ2n) is 4.38. The van der Waals surface area contributed by atoms with Crippen molar-refractivity contribution in [3.05, 3.63) is 65.7 Å². The van der Waals surface area contributed by atoms with Gasteiger partial charge in [-0.25, -0.2) is 0 Å². The Kier molecular flexibility index (Phi) is 4.37. The summed E-state index contributed by atoms with van der Waals surface area (Å²) in [5.41, 5.74) is 5.80. The summed E-state index contributed by atoms with van der Waals surface area (Å²) >= 11 is 0. The first kappa shape index (κ1) is 15.4. The van der Waals surface area contributed by atoms with Gasteiger partial charge in [-0.15, -0.1) is 0 Å². The lowest BCUT2D eigenvalue weighted by Crippen LogP contribution is -2.04. The van der Waals surface area contributed by atoms with E-state index in [1.807, 2.05) is 6.07 Å². The lowest BCUT2D eigenvalue weighted by Gasteiger charge is -2.10. The van der Waals surface area contributed by atoms with Crippen molar-refractivity contribution in [3.63, 3.8) is 0 Å². The number of ether oxygens (including phenoxy) is 1. The molecule has 0 saturated heterocycles. The van der Waals surface area contributed by atoms with Crippen LogP contribution >= 0.6 is 0 Å². The fraction of sp³-hybridized carbons (Fsp3) is 0.0625. The summed E-state index contributed by atoms with van der Waals surface area (Å²) in [6, 6.07) is 12.8. The molecule has 22 heavy (non-hydrogen) atoms. The van der Waals surface area contributed by atoms with Gasteiger partial charge in [0.15, 0.2) is 0 Å². The third-order valence-electron chi connectivity index (χ3n) is 2.80. The molecule has 0 heterocycles. The first-order chi connectivity index (χ1) is 10.4. The number of hydrogen-bond donors (Lipinski definition) is 1. The van der Waals surface area contributed by atoms with Crippen molar-refractivity contribution < 1.29 is 17.9 Å². The van der Waals surface area contributed by atoms with Gasteiger partial charge in [0.05, 0.1) is 11.6 Å². The maximum absolute atomic E-state index is 12.6. The van der Waals surface area contributed by atoms with Crippen molar-refractivity contribution in [2.75, 3.05) is 0 Å². The van der Waals surface area contributed by atoms with Crippen molar-refractivity contribution in [3.8, 4) is 17.6 Å². The third kappa shape index (κ3) is 3.79. The molecule has 112 valence electrons. The molecule has 0 aliphatic rings. The second-order valence-corrected chi connectivity index (χ2v) is 4.38. The van der Waals surface area contributed by atoms with E-state index < -0.39 is 11.7 Å². The largest absolute Gasteiger partial charge is 0.457 e. The summed E-state index contributed by atoms with van der Waals surface area (Å²) in [5.74, 6) is 0.455. The van der Waals surface area contributed by atoms with Crippen LogP contribution in [0.1, 0.15) is 11.1 Å². The molecule has 2 aromatic rings. The Bertz CT molecular complexity index is 728.